The van der Waals surface area contributed by atoms with Crippen molar-refractivity contribution in [1.29, 1.82) is 0 Å². The van der Waals surface area contributed by atoms with E-state index in [4.69, 9.17) is 4.52 Å². The fraction of sp³-hybridized carbons (Fsp3) is 0.476. The van der Waals surface area contributed by atoms with Crippen LogP contribution in [0.25, 0.3) is 0 Å². The van der Waals surface area contributed by atoms with Crippen LogP contribution in [0.5, 0.6) is 0 Å². The minimum atomic E-state index is -2.83. The number of rotatable bonds is 5. The average Bonchev–Trinajstić information content (AvgIpc) is 3.34. The molecule has 0 unspecified atom stereocenters. The first kappa shape index (κ1) is 24.0. The zero-order valence-electron chi connectivity index (χ0n) is 18.0. The molecule has 2 saturated heterocycles. The van der Waals surface area contributed by atoms with Crippen LogP contribution >= 0.6 is 15.9 Å². The molecule has 10 nitrogen and oxygen atoms in total. The first-order valence-corrected chi connectivity index (χ1v) is 11.6. The summed E-state index contributed by atoms with van der Waals surface area (Å²) in [5.74, 6) is -3.65. The molecular formula is C21H22BrF2N5O5. The normalized spacial score (nSPS) is 20.1. The maximum atomic E-state index is 13.6. The second-order valence-electron chi connectivity index (χ2n) is 8.36. The predicted octanol–water partition coefficient (Wildman–Crippen LogP) is 3.93. The molecule has 1 N–H and O–H groups in total. The number of hydrogen-bond acceptors (Lipinski definition) is 7. The summed E-state index contributed by atoms with van der Waals surface area (Å²) < 4.78 is 32.4. The molecule has 0 spiro atoms. The van der Waals surface area contributed by atoms with Gasteiger partial charge in [0.1, 0.15) is 5.69 Å². The highest BCUT2D eigenvalue weighted by molar-refractivity contribution is 9.10. The van der Waals surface area contributed by atoms with Crippen molar-refractivity contribution < 1.29 is 27.8 Å². The van der Waals surface area contributed by atoms with Gasteiger partial charge in [0.15, 0.2) is 0 Å². The number of piperidine rings is 2. The zero-order valence-corrected chi connectivity index (χ0v) is 19.6. The molecule has 2 aliphatic heterocycles. The summed E-state index contributed by atoms with van der Waals surface area (Å²) in [6, 6.07) is 3.81. The van der Waals surface area contributed by atoms with Crippen LogP contribution in [-0.4, -0.2) is 69.8 Å². The quantitative estimate of drug-likeness (QED) is 0.449. The third-order valence-electron chi connectivity index (χ3n) is 6.00. The number of amides is 2. The molecular weight excluding hydrogens is 520 g/mol. The summed E-state index contributed by atoms with van der Waals surface area (Å²) >= 11 is 3.21. The zero-order chi connectivity index (χ0) is 24.5. The fourth-order valence-electron chi connectivity index (χ4n) is 4.23. The molecule has 0 radical (unpaired) electrons. The van der Waals surface area contributed by atoms with Gasteiger partial charge in [0.05, 0.1) is 16.7 Å². The molecule has 1 atom stereocenters. The minimum absolute atomic E-state index is 0.00879. The largest absolute Gasteiger partial charge is 0.374 e. The van der Waals surface area contributed by atoms with Crippen molar-refractivity contribution in [2.75, 3.05) is 31.5 Å². The Balaban J connectivity index is 1.59. The van der Waals surface area contributed by atoms with E-state index in [-0.39, 0.29) is 54.3 Å². The number of aromatic nitrogens is 1. The molecule has 1 aromatic carbocycles. The summed E-state index contributed by atoms with van der Waals surface area (Å²) in [5.41, 5.74) is -0.293. The van der Waals surface area contributed by atoms with Crippen LogP contribution < -0.4 is 5.32 Å². The molecule has 4 rings (SSSR count). The maximum absolute atomic E-state index is 13.6. The van der Waals surface area contributed by atoms with E-state index in [2.05, 4.69) is 26.4 Å². The van der Waals surface area contributed by atoms with Gasteiger partial charge in [-0.2, -0.15) is 0 Å². The van der Waals surface area contributed by atoms with Crippen LogP contribution in [0.15, 0.2) is 33.4 Å². The standard InChI is InChI=1S/C21H22BrF2N5O5/c22-13-10-15(19(30)27-8-4-21(23,24)5-9-27)18(16(11-13)29(32)33)26-14-2-1-7-28(12-14)20(31)17-3-6-25-34-17/h3,6,10-11,14,26H,1-2,4-5,7-9,12H2/t14-/m1/s1. The molecule has 2 aromatic rings. The Morgan fingerprint density at radius 1 is 1.21 bits per heavy atom. The number of carbonyl (C=O) groups excluding carboxylic acids is 2. The lowest BCUT2D eigenvalue weighted by Crippen LogP contribution is -2.46. The van der Waals surface area contributed by atoms with Gasteiger partial charge < -0.3 is 19.6 Å². The van der Waals surface area contributed by atoms with Crippen molar-refractivity contribution in [1.82, 2.24) is 15.0 Å². The number of likely N-dealkylation sites (tertiary alicyclic amines) is 2. The van der Waals surface area contributed by atoms with Gasteiger partial charge in [0, 0.05) is 61.7 Å². The summed E-state index contributed by atoms with van der Waals surface area (Å²) in [6.07, 6.45) is 1.69. The van der Waals surface area contributed by atoms with Crippen molar-refractivity contribution in [3.8, 4) is 0 Å². The smallest absolute Gasteiger partial charge is 0.294 e. The Hall–Kier alpha value is -3.09. The molecule has 0 aliphatic carbocycles. The number of halogens is 3. The van der Waals surface area contributed by atoms with E-state index in [1.807, 2.05) is 0 Å². The van der Waals surface area contributed by atoms with Crippen molar-refractivity contribution in [2.45, 2.75) is 37.6 Å². The highest BCUT2D eigenvalue weighted by Gasteiger charge is 2.37. The van der Waals surface area contributed by atoms with Gasteiger partial charge in [-0.1, -0.05) is 21.1 Å². The second kappa shape index (κ2) is 9.65. The summed E-state index contributed by atoms with van der Waals surface area (Å²) in [5, 5.41) is 18.5. The lowest BCUT2D eigenvalue weighted by molar-refractivity contribution is -0.384. The van der Waals surface area contributed by atoms with Crippen molar-refractivity contribution >= 4 is 39.1 Å². The molecule has 182 valence electrons. The molecule has 1 aromatic heterocycles. The van der Waals surface area contributed by atoms with E-state index in [9.17, 15) is 28.5 Å². The molecule has 2 aliphatic rings. The second-order valence-corrected chi connectivity index (χ2v) is 9.28. The SMILES string of the molecule is O=C(c1ccno1)N1CCC[C@@H](Nc2c(C(=O)N3CCC(F)(F)CC3)cc(Br)cc2[N+](=O)[O-])C1. The van der Waals surface area contributed by atoms with E-state index in [0.717, 1.165) is 0 Å². The fourth-order valence-corrected chi connectivity index (χ4v) is 4.68. The van der Waals surface area contributed by atoms with Gasteiger partial charge in [0.25, 0.3) is 23.4 Å². The molecule has 2 amide bonds. The summed E-state index contributed by atoms with van der Waals surface area (Å²) in [4.78, 5) is 39.9. The van der Waals surface area contributed by atoms with E-state index in [0.29, 0.717) is 23.9 Å². The van der Waals surface area contributed by atoms with Gasteiger partial charge in [-0.05, 0) is 18.9 Å². The first-order chi connectivity index (χ1) is 16.1. The number of nitrogens with one attached hydrogen (secondary N) is 1. The average molecular weight is 542 g/mol. The Morgan fingerprint density at radius 2 is 1.94 bits per heavy atom. The summed E-state index contributed by atoms with van der Waals surface area (Å²) in [7, 11) is 0. The van der Waals surface area contributed by atoms with Gasteiger partial charge in [0.2, 0.25) is 5.76 Å². The lowest BCUT2D eigenvalue weighted by atomic mass is 10.0. The number of nitrogens with zero attached hydrogens (tertiary/aromatic N) is 4. The number of anilines is 1. The lowest BCUT2D eigenvalue weighted by Gasteiger charge is -2.34. The van der Waals surface area contributed by atoms with Crippen LogP contribution in [0.3, 0.4) is 0 Å². The van der Waals surface area contributed by atoms with E-state index in [1.165, 1.54) is 29.3 Å². The highest BCUT2D eigenvalue weighted by atomic mass is 79.9. The first-order valence-electron chi connectivity index (χ1n) is 10.8. The van der Waals surface area contributed by atoms with E-state index < -0.39 is 29.6 Å². The minimum Gasteiger partial charge on any atom is -0.374 e. The molecule has 0 bridgehead atoms. The number of nitro groups is 1. The maximum Gasteiger partial charge on any atom is 0.294 e. The predicted molar refractivity (Wildman–Crippen MR) is 120 cm³/mol. The molecule has 34 heavy (non-hydrogen) atoms. The monoisotopic (exact) mass is 541 g/mol. The van der Waals surface area contributed by atoms with Crippen LogP contribution in [0.4, 0.5) is 20.2 Å². The molecule has 2 fully saturated rings. The molecule has 0 saturated carbocycles. The van der Waals surface area contributed by atoms with Gasteiger partial charge in [-0.3, -0.25) is 19.7 Å². The van der Waals surface area contributed by atoms with Gasteiger partial charge >= 0.3 is 0 Å². The third-order valence-corrected chi connectivity index (χ3v) is 6.46. The molecule has 3 heterocycles. The van der Waals surface area contributed by atoms with Crippen molar-refractivity contribution in [3.63, 3.8) is 0 Å². The number of nitro benzene ring substituents is 1. The van der Waals surface area contributed by atoms with Crippen LogP contribution in [0, 0.1) is 10.1 Å². The number of hydrogen-bond donors (Lipinski definition) is 1. The van der Waals surface area contributed by atoms with E-state index in [1.54, 1.807) is 4.90 Å². The Morgan fingerprint density at radius 3 is 2.59 bits per heavy atom. The van der Waals surface area contributed by atoms with Crippen LogP contribution in [-0.2, 0) is 0 Å². The highest BCUT2D eigenvalue weighted by Crippen LogP contribution is 2.36. The molecule has 13 heteroatoms. The van der Waals surface area contributed by atoms with Gasteiger partial charge in [-0.25, -0.2) is 8.78 Å². The topological polar surface area (TPSA) is 122 Å². The third kappa shape index (κ3) is 5.18. The number of carbonyl (C=O) groups is 2. The van der Waals surface area contributed by atoms with E-state index >= 15 is 0 Å². The Bertz CT molecular complexity index is 1090. The Labute approximate surface area is 201 Å². The number of alkyl halides is 2. The van der Waals surface area contributed by atoms with Crippen LogP contribution in [0.1, 0.15) is 46.6 Å². The van der Waals surface area contributed by atoms with Crippen LogP contribution in [0.2, 0.25) is 0 Å². The van der Waals surface area contributed by atoms with Gasteiger partial charge in [-0.15, -0.1) is 0 Å². The van der Waals surface area contributed by atoms with Crippen molar-refractivity contribution in [3.05, 3.63) is 50.3 Å². The summed E-state index contributed by atoms with van der Waals surface area (Å²) in [6.45, 7) is 0.424. The van der Waals surface area contributed by atoms with Crippen molar-refractivity contribution in [2.24, 2.45) is 0 Å². The Kier molecular flexibility index (Phi) is 6.82. The number of benzene rings is 1.